The highest BCUT2D eigenvalue weighted by atomic mass is 32.2. The van der Waals surface area contributed by atoms with Crippen LogP contribution in [0.25, 0.3) is 22.2 Å². The van der Waals surface area contributed by atoms with Gasteiger partial charge in [-0.05, 0) is 47.6 Å². The van der Waals surface area contributed by atoms with Gasteiger partial charge in [-0.2, -0.15) is 28.5 Å². The van der Waals surface area contributed by atoms with E-state index in [1.165, 1.54) is 23.9 Å². The maximum atomic E-state index is 13.6. The SMILES string of the molecule is CC(CC(C)(C)C)C(C)(C)C(=O)SCCSCCOCCSCCOc1ccc2cc(-c3cccc(F)c3)c(=O)oc2n1. The van der Waals surface area contributed by atoms with E-state index in [-0.39, 0.29) is 22.1 Å². The van der Waals surface area contributed by atoms with E-state index in [2.05, 4.69) is 46.5 Å². The molecule has 1 atom stereocenters. The van der Waals surface area contributed by atoms with Gasteiger partial charge in [0.05, 0.1) is 25.4 Å². The maximum absolute atomic E-state index is 13.6. The number of hydrogen-bond donors (Lipinski definition) is 0. The fourth-order valence-electron chi connectivity index (χ4n) is 4.42. The van der Waals surface area contributed by atoms with Crippen molar-refractivity contribution in [3.8, 4) is 17.0 Å². The molecule has 0 amide bonds. The normalized spacial score (nSPS) is 12.9. The van der Waals surface area contributed by atoms with Crippen molar-refractivity contribution in [1.82, 2.24) is 4.98 Å². The van der Waals surface area contributed by atoms with Crippen molar-refractivity contribution >= 4 is 51.5 Å². The first-order valence-corrected chi connectivity index (χ1v) is 17.9. The smallest absolute Gasteiger partial charge is 0.345 e. The van der Waals surface area contributed by atoms with Gasteiger partial charge in [0.1, 0.15) is 5.82 Å². The Hall–Kier alpha value is -2.01. The van der Waals surface area contributed by atoms with Crippen molar-refractivity contribution in [1.29, 1.82) is 0 Å². The highest BCUT2D eigenvalue weighted by Crippen LogP contribution is 2.39. The first-order valence-electron chi connectivity index (χ1n) is 14.6. The second-order valence-electron chi connectivity index (χ2n) is 12.2. The molecule has 0 N–H and O–H groups in total. The number of aromatic nitrogens is 1. The molecule has 0 fully saturated rings. The number of pyridine rings is 1. The van der Waals surface area contributed by atoms with E-state index in [9.17, 15) is 14.0 Å². The lowest BCUT2D eigenvalue weighted by molar-refractivity contribution is -0.120. The molecule has 43 heavy (non-hydrogen) atoms. The molecule has 0 bridgehead atoms. The standard InChI is InChI=1S/C33H44FNO5S3/c1-23(22-32(2,3)4)33(5,6)31(37)43-19-18-42-16-13-38-12-15-41-17-14-39-28-11-10-25-21-27(30(36)40-29(25)35-28)24-8-7-9-26(34)20-24/h7-11,20-21,23H,12-19,22H2,1-6H3. The minimum Gasteiger partial charge on any atom is -0.477 e. The number of carbonyl (C=O) groups excluding carboxylic acids is 1. The number of nitrogens with zero attached hydrogens (tertiary/aromatic N) is 1. The van der Waals surface area contributed by atoms with Crippen LogP contribution in [0.1, 0.15) is 48.0 Å². The fraction of sp³-hybridized carbons (Fsp3) is 0.545. The van der Waals surface area contributed by atoms with Gasteiger partial charge in [-0.15, -0.1) is 0 Å². The number of halogens is 1. The Morgan fingerprint density at radius 2 is 1.65 bits per heavy atom. The summed E-state index contributed by atoms with van der Waals surface area (Å²) in [5.74, 6) is 4.64. The Labute approximate surface area is 267 Å². The van der Waals surface area contributed by atoms with Crippen LogP contribution >= 0.6 is 35.3 Å². The van der Waals surface area contributed by atoms with Crippen LogP contribution in [0, 0.1) is 22.6 Å². The van der Waals surface area contributed by atoms with Crippen LogP contribution in [-0.2, 0) is 9.53 Å². The average Bonchev–Trinajstić information content (AvgIpc) is 2.94. The van der Waals surface area contributed by atoms with Crippen LogP contribution < -0.4 is 10.4 Å². The lowest BCUT2D eigenvalue weighted by atomic mass is 9.73. The Bertz CT molecular complexity index is 1390. The molecule has 1 aromatic carbocycles. The van der Waals surface area contributed by atoms with Gasteiger partial charge in [0.15, 0.2) is 5.12 Å². The molecule has 6 nitrogen and oxygen atoms in total. The Kier molecular flexibility index (Phi) is 13.9. The number of benzene rings is 1. The molecule has 3 rings (SSSR count). The van der Waals surface area contributed by atoms with Crippen LogP contribution in [0.4, 0.5) is 4.39 Å². The summed E-state index contributed by atoms with van der Waals surface area (Å²) >= 11 is 5.02. The summed E-state index contributed by atoms with van der Waals surface area (Å²) in [4.78, 5) is 29.5. The molecule has 2 heterocycles. The zero-order chi connectivity index (χ0) is 31.5. The number of fused-ring (bicyclic) bond motifs is 1. The third-order valence-electron chi connectivity index (χ3n) is 7.07. The summed E-state index contributed by atoms with van der Waals surface area (Å²) in [7, 11) is 0. The molecule has 0 aliphatic carbocycles. The molecule has 0 saturated carbocycles. The van der Waals surface area contributed by atoms with Gasteiger partial charge >= 0.3 is 5.63 Å². The van der Waals surface area contributed by atoms with Gasteiger partial charge in [0, 0.05) is 45.6 Å². The predicted octanol–water partition coefficient (Wildman–Crippen LogP) is 8.21. The number of hydrogen-bond acceptors (Lipinski definition) is 9. The lowest BCUT2D eigenvalue weighted by Crippen LogP contribution is -2.32. The lowest BCUT2D eigenvalue weighted by Gasteiger charge is -2.34. The van der Waals surface area contributed by atoms with E-state index in [0.29, 0.717) is 47.7 Å². The first-order chi connectivity index (χ1) is 20.4. The van der Waals surface area contributed by atoms with Gasteiger partial charge in [-0.3, -0.25) is 4.79 Å². The molecular weight excluding hydrogens is 606 g/mol. The highest BCUT2D eigenvalue weighted by molar-refractivity contribution is 8.14. The van der Waals surface area contributed by atoms with Crippen molar-refractivity contribution in [2.75, 3.05) is 48.6 Å². The van der Waals surface area contributed by atoms with E-state index in [4.69, 9.17) is 13.9 Å². The van der Waals surface area contributed by atoms with Crippen molar-refractivity contribution in [3.05, 3.63) is 58.7 Å². The third kappa shape index (κ3) is 11.8. The molecule has 2 aromatic heterocycles. The molecule has 0 aliphatic heterocycles. The van der Waals surface area contributed by atoms with Crippen molar-refractivity contribution in [3.63, 3.8) is 0 Å². The number of rotatable bonds is 17. The monoisotopic (exact) mass is 649 g/mol. The average molecular weight is 650 g/mol. The Morgan fingerprint density at radius 3 is 2.35 bits per heavy atom. The van der Waals surface area contributed by atoms with Crippen LogP contribution in [0.15, 0.2) is 51.7 Å². The summed E-state index contributed by atoms with van der Waals surface area (Å²) < 4.78 is 30.4. The van der Waals surface area contributed by atoms with Crippen molar-refractivity contribution in [2.45, 2.75) is 48.0 Å². The van der Waals surface area contributed by atoms with Crippen LogP contribution in [0.2, 0.25) is 0 Å². The molecule has 0 saturated heterocycles. The van der Waals surface area contributed by atoms with E-state index >= 15 is 0 Å². The predicted molar refractivity (Wildman–Crippen MR) is 181 cm³/mol. The molecule has 10 heteroatoms. The molecule has 3 aromatic rings. The fourth-order valence-corrected chi connectivity index (χ4v) is 7.07. The molecule has 0 radical (unpaired) electrons. The molecule has 1 unspecified atom stereocenters. The van der Waals surface area contributed by atoms with Gasteiger partial charge in [0.2, 0.25) is 11.6 Å². The topological polar surface area (TPSA) is 78.6 Å². The summed E-state index contributed by atoms with van der Waals surface area (Å²) in [6, 6.07) is 11.0. The van der Waals surface area contributed by atoms with Crippen molar-refractivity contribution < 1.29 is 23.1 Å². The van der Waals surface area contributed by atoms with Gasteiger partial charge < -0.3 is 13.9 Å². The zero-order valence-electron chi connectivity index (χ0n) is 26.1. The van der Waals surface area contributed by atoms with Crippen LogP contribution in [-0.4, -0.2) is 58.7 Å². The van der Waals surface area contributed by atoms with E-state index < -0.39 is 11.4 Å². The second-order valence-corrected chi connectivity index (χ2v) is 15.7. The highest BCUT2D eigenvalue weighted by Gasteiger charge is 2.35. The van der Waals surface area contributed by atoms with E-state index in [1.54, 1.807) is 42.1 Å². The maximum Gasteiger partial charge on any atom is 0.345 e. The number of ether oxygens (including phenoxy) is 2. The van der Waals surface area contributed by atoms with Crippen LogP contribution in [0.3, 0.4) is 0 Å². The minimum absolute atomic E-state index is 0.182. The third-order valence-corrected chi connectivity index (χ3v) is 10.4. The van der Waals surface area contributed by atoms with Gasteiger partial charge in [-0.25, -0.2) is 9.18 Å². The molecule has 0 aliphatic rings. The number of thioether (sulfide) groups is 3. The first kappa shape index (κ1) is 35.5. The van der Waals surface area contributed by atoms with E-state index in [1.807, 2.05) is 11.8 Å². The summed E-state index contributed by atoms with van der Waals surface area (Å²) in [5.41, 5.74) is 0.258. The summed E-state index contributed by atoms with van der Waals surface area (Å²) in [6.45, 7) is 14.9. The van der Waals surface area contributed by atoms with Crippen LogP contribution in [0.5, 0.6) is 5.88 Å². The second kappa shape index (κ2) is 16.9. The molecule has 0 spiro atoms. The van der Waals surface area contributed by atoms with Gasteiger partial charge in [-0.1, -0.05) is 65.4 Å². The Morgan fingerprint density at radius 1 is 0.953 bits per heavy atom. The minimum atomic E-state index is -0.577. The summed E-state index contributed by atoms with van der Waals surface area (Å²) in [6.07, 6.45) is 1.04. The molecular formula is C33H44FNO5S3. The van der Waals surface area contributed by atoms with Crippen molar-refractivity contribution in [2.24, 2.45) is 16.7 Å². The zero-order valence-corrected chi connectivity index (χ0v) is 28.5. The quantitative estimate of drug-likeness (QED) is 0.134. The molecule has 236 valence electrons. The summed E-state index contributed by atoms with van der Waals surface area (Å²) in [5, 5.41) is 0.926. The van der Waals surface area contributed by atoms with Gasteiger partial charge in [0.25, 0.3) is 0 Å². The largest absolute Gasteiger partial charge is 0.477 e. The van der Waals surface area contributed by atoms with E-state index in [0.717, 1.165) is 35.2 Å². The Balaban J connectivity index is 1.24. The number of carbonyl (C=O) groups is 1.